The van der Waals surface area contributed by atoms with Crippen LogP contribution in [0.25, 0.3) is 0 Å². The van der Waals surface area contributed by atoms with Gasteiger partial charge < -0.3 is 20.1 Å². The Kier molecular flexibility index (Phi) is 6.46. The van der Waals surface area contributed by atoms with E-state index in [1.165, 1.54) is 5.56 Å². The summed E-state index contributed by atoms with van der Waals surface area (Å²) >= 11 is 0. The second-order valence-electron chi connectivity index (χ2n) is 5.97. The van der Waals surface area contributed by atoms with Crippen molar-refractivity contribution in [2.24, 2.45) is 0 Å². The zero-order valence-electron chi connectivity index (χ0n) is 15.6. The Balaban J connectivity index is 1.52. The molecule has 2 N–H and O–H groups in total. The first-order valence-corrected chi connectivity index (χ1v) is 8.84. The summed E-state index contributed by atoms with van der Waals surface area (Å²) in [5, 5.41) is 6.58. The molecule has 0 saturated heterocycles. The molecule has 0 unspecified atom stereocenters. The van der Waals surface area contributed by atoms with Gasteiger partial charge in [0.1, 0.15) is 5.82 Å². The van der Waals surface area contributed by atoms with Crippen LogP contribution >= 0.6 is 0 Å². The predicted molar refractivity (Wildman–Crippen MR) is 108 cm³/mol. The van der Waals surface area contributed by atoms with Crippen LogP contribution in [0.2, 0.25) is 0 Å². The van der Waals surface area contributed by atoms with Crippen LogP contribution in [0.4, 0.5) is 11.8 Å². The Labute approximate surface area is 159 Å². The van der Waals surface area contributed by atoms with E-state index in [9.17, 15) is 0 Å². The van der Waals surface area contributed by atoms with Crippen LogP contribution < -0.4 is 20.1 Å². The molecule has 0 radical (unpaired) electrons. The lowest BCUT2D eigenvalue weighted by atomic mass is 10.1. The first-order valence-electron chi connectivity index (χ1n) is 8.84. The number of hydrogen-bond acceptors (Lipinski definition) is 6. The van der Waals surface area contributed by atoms with E-state index >= 15 is 0 Å². The Bertz CT molecular complexity index is 856. The second-order valence-corrected chi connectivity index (χ2v) is 5.97. The number of benzene rings is 2. The SMILES string of the molecule is COc1ccc(CCNc2nccc(NCc3ccccc3)n2)cc1OC. The van der Waals surface area contributed by atoms with Crippen molar-refractivity contribution in [3.8, 4) is 11.5 Å². The lowest BCUT2D eigenvalue weighted by molar-refractivity contribution is 0.354. The van der Waals surface area contributed by atoms with Gasteiger partial charge in [-0.15, -0.1) is 0 Å². The molecule has 6 nitrogen and oxygen atoms in total. The summed E-state index contributed by atoms with van der Waals surface area (Å²) in [4.78, 5) is 8.78. The molecule has 27 heavy (non-hydrogen) atoms. The molecule has 1 heterocycles. The zero-order valence-corrected chi connectivity index (χ0v) is 15.6. The van der Waals surface area contributed by atoms with Gasteiger partial charge in [0.05, 0.1) is 14.2 Å². The summed E-state index contributed by atoms with van der Waals surface area (Å²) in [7, 11) is 3.27. The van der Waals surface area contributed by atoms with Crippen LogP contribution in [0.3, 0.4) is 0 Å². The molecule has 0 spiro atoms. The number of nitrogens with zero attached hydrogens (tertiary/aromatic N) is 2. The topological polar surface area (TPSA) is 68.3 Å². The van der Waals surface area contributed by atoms with Gasteiger partial charge in [0.2, 0.25) is 5.95 Å². The molecule has 0 fully saturated rings. The molecule has 0 aliphatic carbocycles. The fourth-order valence-corrected chi connectivity index (χ4v) is 2.69. The molecule has 3 rings (SSSR count). The monoisotopic (exact) mass is 364 g/mol. The fourth-order valence-electron chi connectivity index (χ4n) is 2.69. The van der Waals surface area contributed by atoms with E-state index < -0.39 is 0 Å². The number of methoxy groups -OCH3 is 2. The van der Waals surface area contributed by atoms with Crippen molar-refractivity contribution in [2.45, 2.75) is 13.0 Å². The molecular formula is C21H24N4O2. The van der Waals surface area contributed by atoms with E-state index in [4.69, 9.17) is 9.47 Å². The van der Waals surface area contributed by atoms with E-state index in [0.29, 0.717) is 5.95 Å². The number of hydrogen-bond donors (Lipinski definition) is 2. The van der Waals surface area contributed by atoms with Crippen LogP contribution in [-0.2, 0) is 13.0 Å². The van der Waals surface area contributed by atoms with Crippen molar-refractivity contribution in [3.63, 3.8) is 0 Å². The maximum Gasteiger partial charge on any atom is 0.224 e. The van der Waals surface area contributed by atoms with Gasteiger partial charge in [0.15, 0.2) is 11.5 Å². The van der Waals surface area contributed by atoms with Gasteiger partial charge >= 0.3 is 0 Å². The van der Waals surface area contributed by atoms with Crippen LogP contribution in [0.5, 0.6) is 11.5 Å². The zero-order chi connectivity index (χ0) is 18.9. The minimum absolute atomic E-state index is 0.605. The first kappa shape index (κ1) is 18.5. The first-order chi connectivity index (χ1) is 13.3. The van der Waals surface area contributed by atoms with Gasteiger partial charge in [-0.05, 0) is 35.7 Å². The predicted octanol–water partition coefficient (Wildman–Crippen LogP) is 3.76. The van der Waals surface area contributed by atoms with Crippen LogP contribution in [0.15, 0.2) is 60.8 Å². The number of rotatable bonds is 9. The average molecular weight is 364 g/mol. The van der Waals surface area contributed by atoms with Gasteiger partial charge in [-0.2, -0.15) is 4.98 Å². The maximum atomic E-state index is 5.34. The maximum absolute atomic E-state index is 5.34. The highest BCUT2D eigenvalue weighted by molar-refractivity contribution is 5.43. The lowest BCUT2D eigenvalue weighted by Gasteiger charge is -2.11. The smallest absolute Gasteiger partial charge is 0.224 e. The van der Waals surface area contributed by atoms with E-state index in [-0.39, 0.29) is 0 Å². The highest BCUT2D eigenvalue weighted by Gasteiger charge is 2.05. The van der Waals surface area contributed by atoms with Gasteiger partial charge in [0, 0.05) is 19.3 Å². The van der Waals surface area contributed by atoms with E-state index in [2.05, 4.69) is 32.7 Å². The van der Waals surface area contributed by atoms with Crippen molar-refractivity contribution in [3.05, 3.63) is 71.9 Å². The Hall–Kier alpha value is -3.28. The molecule has 2 aromatic carbocycles. The van der Waals surface area contributed by atoms with Crippen molar-refractivity contribution in [1.29, 1.82) is 0 Å². The Morgan fingerprint density at radius 2 is 1.67 bits per heavy atom. The van der Waals surface area contributed by atoms with Crippen molar-refractivity contribution in [2.75, 3.05) is 31.4 Å². The van der Waals surface area contributed by atoms with Gasteiger partial charge in [-0.1, -0.05) is 36.4 Å². The highest BCUT2D eigenvalue weighted by Crippen LogP contribution is 2.27. The third-order valence-electron chi connectivity index (χ3n) is 4.12. The Morgan fingerprint density at radius 3 is 2.44 bits per heavy atom. The standard InChI is InChI=1S/C21H24N4O2/c1-26-18-9-8-16(14-19(18)27-2)10-12-22-21-23-13-11-20(25-21)24-15-17-6-4-3-5-7-17/h3-9,11,13-14H,10,12,15H2,1-2H3,(H2,22,23,24,25). The van der Waals surface area contributed by atoms with Crippen molar-refractivity contribution >= 4 is 11.8 Å². The largest absolute Gasteiger partial charge is 0.493 e. The van der Waals surface area contributed by atoms with Gasteiger partial charge in [-0.25, -0.2) is 4.98 Å². The third kappa shape index (κ3) is 5.34. The third-order valence-corrected chi connectivity index (χ3v) is 4.12. The average Bonchev–Trinajstić information content (AvgIpc) is 2.73. The molecule has 140 valence electrons. The molecule has 0 bridgehead atoms. The minimum Gasteiger partial charge on any atom is -0.493 e. The van der Waals surface area contributed by atoms with Gasteiger partial charge in [-0.3, -0.25) is 0 Å². The normalized spacial score (nSPS) is 10.3. The Morgan fingerprint density at radius 1 is 0.852 bits per heavy atom. The summed E-state index contributed by atoms with van der Waals surface area (Å²) in [6.07, 6.45) is 2.57. The molecule has 0 aliphatic rings. The van der Waals surface area contributed by atoms with Crippen LogP contribution in [0, 0.1) is 0 Å². The summed E-state index contributed by atoms with van der Waals surface area (Å²) in [5.74, 6) is 2.86. The summed E-state index contributed by atoms with van der Waals surface area (Å²) in [5.41, 5.74) is 2.36. The van der Waals surface area contributed by atoms with Crippen LogP contribution in [0.1, 0.15) is 11.1 Å². The van der Waals surface area contributed by atoms with Crippen molar-refractivity contribution in [1.82, 2.24) is 9.97 Å². The van der Waals surface area contributed by atoms with E-state index in [1.54, 1.807) is 20.4 Å². The molecule has 0 atom stereocenters. The fraction of sp³-hybridized carbons (Fsp3) is 0.238. The molecule has 0 aliphatic heterocycles. The molecule has 3 aromatic rings. The van der Waals surface area contributed by atoms with Gasteiger partial charge in [0.25, 0.3) is 0 Å². The quantitative estimate of drug-likeness (QED) is 0.603. The number of nitrogens with one attached hydrogen (secondary N) is 2. The summed E-state index contributed by atoms with van der Waals surface area (Å²) < 4.78 is 10.6. The number of ether oxygens (including phenoxy) is 2. The summed E-state index contributed by atoms with van der Waals surface area (Å²) in [6.45, 7) is 1.44. The van der Waals surface area contributed by atoms with E-state index in [1.807, 2.05) is 42.5 Å². The number of anilines is 2. The molecular weight excluding hydrogens is 340 g/mol. The summed E-state index contributed by atoms with van der Waals surface area (Å²) in [6, 6.07) is 18.0. The van der Waals surface area contributed by atoms with E-state index in [0.717, 1.165) is 42.4 Å². The second kappa shape index (κ2) is 9.43. The lowest BCUT2D eigenvalue weighted by Crippen LogP contribution is -2.09. The number of aromatic nitrogens is 2. The molecule has 0 saturated carbocycles. The molecule has 6 heteroatoms. The highest BCUT2D eigenvalue weighted by atomic mass is 16.5. The molecule has 1 aromatic heterocycles. The van der Waals surface area contributed by atoms with Crippen LogP contribution in [-0.4, -0.2) is 30.7 Å². The molecule has 0 amide bonds. The van der Waals surface area contributed by atoms with Crippen molar-refractivity contribution < 1.29 is 9.47 Å². The minimum atomic E-state index is 0.605.